The van der Waals surface area contributed by atoms with Crippen LogP contribution in [0.25, 0.3) is 0 Å². The van der Waals surface area contributed by atoms with E-state index in [0.717, 1.165) is 17.7 Å². The van der Waals surface area contributed by atoms with Gasteiger partial charge in [-0.3, -0.25) is 9.79 Å². The van der Waals surface area contributed by atoms with E-state index < -0.39 is 0 Å². The lowest BCUT2D eigenvalue weighted by atomic mass is 10.2. The predicted octanol–water partition coefficient (Wildman–Crippen LogP) is 3.73. The van der Waals surface area contributed by atoms with Crippen molar-refractivity contribution in [1.29, 1.82) is 0 Å². The van der Waals surface area contributed by atoms with Crippen LogP contribution < -0.4 is 4.74 Å². The molecule has 130 valence electrons. The molecule has 2 aromatic rings. The van der Waals surface area contributed by atoms with Crippen molar-refractivity contribution in [2.24, 2.45) is 4.99 Å². The van der Waals surface area contributed by atoms with Gasteiger partial charge in [-0.15, -0.1) is 0 Å². The summed E-state index contributed by atoms with van der Waals surface area (Å²) in [6.07, 6.45) is 0.758. The van der Waals surface area contributed by atoms with Crippen molar-refractivity contribution in [1.82, 2.24) is 4.90 Å². The molecule has 0 N–H and O–H groups in total. The van der Waals surface area contributed by atoms with Gasteiger partial charge in [0.2, 0.25) is 0 Å². The molecule has 0 radical (unpaired) electrons. The van der Waals surface area contributed by atoms with Gasteiger partial charge >= 0.3 is 0 Å². The minimum atomic E-state index is -0.255. The molecule has 6 heteroatoms. The minimum absolute atomic E-state index is 0.00707. The SMILES string of the molecule is O=C(COc1ccc(Cl)cc1)N1CCC(=NCc2ccc(F)cc2)C1. The van der Waals surface area contributed by atoms with E-state index in [1.165, 1.54) is 12.1 Å². The normalized spacial score (nSPS) is 15.6. The Labute approximate surface area is 150 Å². The average molecular weight is 361 g/mol. The van der Waals surface area contributed by atoms with Gasteiger partial charge in [0.15, 0.2) is 6.61 Å². The quantitative estimate of drug-likeness (QED) is 0.815. The maximum atomic E-state index is 12.9. The fourth-order valence-electron chi connectivity index (χ4n) is 2.54. The highest BCUT2D eigenvalue weighted by atomic mass is 35.5. The first kappa shape index (κ1) is 17.4. The molecule has 0 aliphatic carbocycles. The summed E-state index contributed by atoms with van der Waals surface area (Å²) in [5.41, 5.74) is 1.92. The summed E-state index contributed by atoms with van der Waals surface area (Å²) in [6.45, 7) is 1.65. The van der Waals surface area contributed by atoms with Gasteiger partial charge in [-0.1, -0.05) is 23.7 Å². The van der Waals surface area contributed by atoms with Crippen LogP contribution in [0.3, 0.4) is 0 Å². The van der Waals surface area contributed by atoms with Gasteiger partial charge in [0, 0.05) is 23.7 Å². The van der Waals surface area contributed by atoms with Crippen LogP contribution in [0.15, 0.2) is 53.5 Å². The maximum absolute atomic E-state index is 12.9. The number of carbonyl (C=O) groups excluding carboxylic acids is 1. The molecule has 0 saturated carbocycles. The lowest BCUT2D eigenvalue weighted by molar-refractivity contribution is -0.132. The molecular weight excluding hydrogens is 343 g/mol. The standard InChI is InChI=1S/C19H18ClFN2O2/c20-15-3-7-18(8-4-15)25-13-19(24)23-10-9-17(12-23)22-11-14-1-5-16(21)6-2-14/h1-8H,9-13H2. The maximum Gasteiger partial charge on any atom is 0.260 e. The lowest BCUT2D eigenvalue weighted by Gasteiger charge is -2.15. The third-order valence-corrected chi connectivity index (χ3v) is 4.22. The number of hydrogen-bond acceptors (Lipinski definition) is 3. The van der Waals surface area contributed by atoms with Gasteiger partial charge in [0.1, 0.15) is 11.6 Å². The van der Waals surface area contributed by atoms with Crippen LogP contribution in [0, 0.1) is 5.82 Å². The fraction of sp³-hybridized carbons (Fsp3) is 0.263. The minimum Gasteiger partial charge on any atom is -0.484 e. The monoisotopic (exact) mass is 360 g/mol. The van der Waals surface area contributed by atoms with Gasteiger partial charge in [-0.25, -0.2) is 4.39 Å². The number of amides is 1. The van der Waals surface area contributed by atoms with E-state index in [2.05, 4.69) is 4.99 Å². The molecule has 1 saturated heterocycles. The van der Waals surface area contributed by atoms with Crippen molar-refractivity contribution >= 4 is 23.2 Å². The van der Waals surface area contributed by atoms with Gasteiger partial charge in [0.25, 0.3) is 5.91 Å². The van der Waals surface area contributed by atoms with Crippen LogP contribution in [-0.4, -0.2) is 36.2 Å². The highest BCUT2D eigenvalue weighted by Crippen LogP contribution is 2.16. The van der Waals surface area contributed by atoms with Crippen molar-refractivity contribution in [2.75, 3.05) is 19.7 Å². The number of hydrogen-bond donors (Lipinski definition) is 0. The first-order chi connectivity index (χ1) is 12.1. The number of aliphatic imine (C=N–C) groups is 1. The zero-order valence-corrected chi connectivity index (χ0v) is 14.4. The summed E-state index contributed by atoms with van der Waals surface area (Å²) in [5.74, 6) is 0.291. The second-order valence-corrected chi connectivity index (χ2v) is 6.25. The number of ether oxygens (including phenoxy) is 1. The molecule has 1 heterocycles. The largest absolute Gasteiger partial charge is 0.484 e. The molecule has 0 aromatic heterocycles. The molecule has 1 amide bonds. The van der Waals surface area contributed by atoms with Crippen molar-refractivity contribution < 1.29 is 13.9 Å². The van der Waals surface area contributed by atoms with Crippen molar-refractivity contribution in [3.8, 4) is 5.75 Å². The van der Waals surface area contributed by atoms with Gasteiger partial charge in [0.05, 0.1) is 13.1 Å². The molecule has 1 fully saturated rings. The number of likely N-dealkylation sites (tertiary alicyclic amines) is 1. The summed E-state index contributed by atoms with van der Waals surface area (Å²) in [6, 6.07) is 13.2. The molecule has 0 atom stereocenters. The molecule has 3 rings (SSSR count). The third-order valence-electron chi connectivity index (χ3n) is 3.97. The molecule has 0 unspecified atom stereocenters. The topological polar surface area (TPSA) is 41.9 Å². The number of carbonyl (C=O) groups is 1. The molecule has 2 aromatic carbocycles. The van der Waals surface area contributed by atoms with E-state index in [9.17, 15) is 9.18 Å². The Kier molecular flexibility index (Phi) is 5.66. The second-order valence-electron chi connectivity index (χ2n) is 5.82. The zero-order chi connectivity index (χ0) is 17.6. The molecule has 1 aliphatic heterocycles. The van der Waals surface area contributed by atoms with E-state index in [4.69, 9.17) is 16.3 Å². The summed E-state index contributed by atoms with van der Waals surface area (Å²) >= 11 is 5.81. The Hall–Kier alpha value is -2.40. The molecule has 0 spiro atoms. The predicted molar refractivity (Wildman–Crippen MR) is 95.7 cm³/mol. The van der Waals surface area contributed by atoms with Crippen LogP contribution >= 0.6 is 11.6 Å². The first-order valence-electron chi connectivity index (χ1n) is 8.03. The van der Waals surface area contributed by atoms with Gasteiger partial charge < -0.3 is 9.64 Å². The highest BCUT2D eigenvalue weighted by molar-refractivity contribution is 6.30. The number of benzene rings is 2. The summed E-state index contributed by atoms with van der Waals surface area (Å²) in [7, 11) is 0. The van der Waals surface area contributed by atoms with Crippen molar-refractivity contribution in [3.05, 3.63) is 64.9 Å². The van der Waals surface area contributed by atoms with E-state index in [-0.39, 0.29) is 18.3 Å². The van der Waals surface area contributed by atoms with Gasteiger partial charge in [-0.05, 0) is 42.0 Å². The van der Waals surface area contributed by atoms with Crippen LogP contribution in [0.1, 0.15) is 12.0 Å². The first-order valence-corrected chi connectivity index (χ1v) is 8.41. The molecule has 0 bridgehead atoms. The van der Waals surface area contributed by atoms with E-state index in [1.807, 2.05) is 0 Å². The Bertz CT molecular complexity index is 760. The van der Waals surface area contributed by atoms with Crippen LogP contribution in [0.2, 0.25) is 5.02 Å². The van der Waals surface area contributed by atoms with Crippen LogP contribution in [-0.2, 0) is 11.3 Å². The molecule has 4 nitrogen and oxygen atoms in total. The summed E-state index contributed by atoms with van der Waals surface area (Å²) in [4.78, 5) is 18.5. The highest BCUT2D eigenvalue weighted by Gasteiger charge is 2.22. The lowest BCUT2D eigenvalue weighted by Crippen LogP contribution is -2.33. The molecule has 25 heavy (non-hydrogen) atoms. The average Bonchev–Trinajstić information content (AvgIpc) is 3.10. The van der Waals surface area contributed by atoms with E-state index in [0.29, 0.717) is 30.4 Å². The molecule has 1 aliphatic rings. The zero-order valence-electron chi connectivity index (χ0n) is 13.6. The smallest absolute Gasteiger partial charge is 0.260 e. The summed E-state index contributed by atoms with van der Waals surface area (Å²) < 4.78 is 18.4. The Balaban J connectivity index is 1.48. The third kappa shape index (κ3) is 5.03. The van der Waals surface area contributed by atoms with Crippen LogP contribution in [0.5, 0.6) is 5.75 Å². The Morgan fingerprint density at radius 2 is 1.88 bits per heavy atom. The number of halogens is 2. The Morgan fingerprint density at radius 1 is 1.16 bits per heavy atom. The fourth-order valence-corrected chi connectivity index (χ4v) is 2.67. The van der Waals surface area contributed by atoms with E-state index in [1.54, 1.807) is 41.3 Å². The van der Waals surface area contributed by atoms with Crippen LogP contribution in [0.4, 0.5) is 4.39 Å². The Morgan fingerprint density at radius 3 is 2.60 bits per heavy atom. The number of rotatable bonds is 5. The van der Waals surface area contributed by atoms with Gasteiger partial charge in [-0.2, -0.15) is 0 Å². The molecular formula is C19H18ClFN2O2. The number of nitrogens with zero attached hydrogens (tertiary/aromatic N) is 2. The van der Waals surface area contributed by atoms with E-state index >= 15 is 0 Å². The van der Waals surface area contributed by atoms with Crippen molar-refractivity contribution in [3.63, 3.8) is 0 Å². The second kappa shape index (κ2) is 8.12. The summed E-state index contributed by atoms with van der Waals surface area (Å²) in [5, 5.41) is 0.625. The van der Waals surface area contributed by atoms with Crippen molar-refractivity contribution in [2.45, 2.75) is 13.0 Å².